The molecular formula is C10H16N2O4S. The van der Waals surface area contributed by atoms with Crippen LogP contribution in [0.4, 0.5) is 0 Å². The van der Waals surface area contributed by atoms with E-state index in [9.17, 15) is 13.2 Å². The SMILES string of the molecule is N#CCCCCS(=O)(=O)N1CCC(C(=O)O)C1. The van der Waals surface area contributed by atoms with Gasteiger partial charge < -0.3 is 5.11 Å². The number of nitriles is 1. The molecule has 0 aliphatic carbocycles. The normalized spacial score (nSPS) is 21.2. The highest BCUT2D eigenvalue weighted by Gasteiger charge is 2.34. The van der Waals surface area contributed by atoms with E-state index in [1.54, 1.807) is 0 Å². The minimum Gasteiger partial charge on any atom is -0.481 e. The van der Waals surface area contributed by atoms with Crippen molar-refractivity contribution in [2.75, 3.05) is 18.8 Å². The van der Waals surface area contributed by atoms with Gasteiger partial charge in [-0.1, -0.05) is 0 Å². The Morgan fingerprint density at radius 2 is 2.18 bits per heavy atom. The molecule has 1 aliphatic rings. The zero-order valence-electron chi connectivity index (χ0n) is 9.50. The number of unbranched alkanes of at least 4 members (excludes halogenated alkanes) is 2. The van der Waals surface area contributed by atoms with Gasteiger partial charge in [-0.25, -0.2) is 12.7 Å². The lowest BCUT2D eigenvalue weighted by molar-refractivity contribution is -0.141. The van der Waals surface area contributed by atoms with Crippen LogP contribution >= 0.6 is 0 Å². The molecule has 96 valence electrons. The predicted octanol–water partition coefficient (Wildman–Crippen LogP) is 0.417. The molecule has 1 saturated heterocycles. The van der Waals surface area contributed by atoms with Crippen molar-refractivity contribution in [3.63, 3.8) is 0 Å². The molecule has 0 aromatic carbocycles. The summed E-state index contributed by atoms with van der Waals surface area (Å²) < 4.78 is 24.9. The van der Waals surface area contributed by atoms with Crippen LogP contribution < -0.4 is 0 Å². The second-order valence-corrected chi connectivity index (χ2v) is 6.20. The number of hydrogen-bond donors (Lipinski definition) is 1. The van der Waals surface area contributed by atoms with Crippen LogP contribution in [-0.4, -0.2) is 42.6 Å². The number of hydrogen-bond acceptors (Lipinski definition) is 4. The van der Waals surface area contributed by atoms with Gasteiger partial charge >= 0.3 is 5.97 Å². The Morgan fingerprint density at radius 1 is 1.47 bits per heavy atom. The molecule has 0 aromatic rings. The van der Waals surface area contributed by atoms with Crippen molar-refractivity contribution in [2.24, 2.45) is 5.92 Å². The number of carbonyl (C=O) groups is 1. The highest BCUT2D eigenvalue weighted by atomic mass is 32.2. The summed E-state index contributed by atoms with van der Waals surface area (Å²) in [4.78, 5) is 10.7. The van der Waals surface area contributed by atoms with E-state index in [0.29, 0.717) is 25.7 Å². The van der Waals surface area contributed by atoms with Crippen LogP contribution in [-0.2, 0) is 14.8 Å². The Labute approximate surface area is 101 Å². The third kappa shape index (κ3) is 3.98. The first-order chi connectivity index (χ1) is 7.97. The van der Waals surface area contributed by atoms with Crippen LogP contribution in [0.15, 0.2) is 0 Å². The quantitative estimate of drug-likeness (QED) is 0.698. The average molecular weight is 260 g/mol. The van der Waals surface area contributed by atoms with E-state index in [0.717, 1.165) is 0 Å². The van der Waals surface area contributed by atoms with Gasteiger partial charge in [0.2, 0.25) is 10.0 Å². The molecule has 0 saturated carbocycles. The first-order valence-electron chi connectivity index (χ1n) is 5.55. The number of carboxylic acid groups (broad SMARTS) is 1. The topological polar surface area (TPSA) is 98.5 Å². The van der Waals surface area contributed by atoms with Crippen LogP contribution in [0.5, 0.6) is 0 Å². The van der Waals surface area contributed by atoms with Crippen LogP contribution in [0.25, 0.3) is 0 Å². The molecule has 0 aromatic heterocycles. The van der Waals surface area contributed by atoms with Crippen molar-refractivity contribution < 1.29 is 18.3 Å². The summed E-state index contributed by atoms with van der Waals surface area (Å²) in [5.74, 6) is -1.52. The van der Waals surface area contributed by atoms with E-state index in [2.05, 4.69) is 0 Å². The largest absolute Gasteiger partial charge is 0.481 e. The van der Waals surface area contributed by atoms with Gasteiger partial charge in [-0.15, -0.1) is 0 Å². The van der Waals surface area contributed by atoms with Crippen molar-refractivity contribution in [3.8, 4) is 6.07 Å². The first kappa shape index (κ1) is 13.9. The maximum atomic E-state index is 11.8. The molecule has 1 rings (SSSR count). The number of rotatable bonds is 6. The summed E-state index contributed by atoms with van der Waals surface area (Å²) in [5.41, 5.74) is 0. The molecular weight excluding hydrogens is 244 g/mol. The summed E-state index contributed by atoms with van der Waals surface area (Å²) in [6.07, 6.45) is 1.75. The van der Waals surface area contributed by atoms with Crippen molar-refractivity contribution in [3.05, 3.63) is 0 Å². The zero-order chi connectivity index (χ0) is 12.9. The molecule has 1 atom stereocenters. The van der Waals surface area contributed by atoms with Crippen LogP contribution in [0.1, 0.15) is 25.7 Å². The van der Waals surface area contributed by atoms with E-state index < -0.39 is 21.9 Å². The summed E-state index contributed by atoms with van der Waals surface area (Å²) in [7, 11) is -3.35. The Morgan fingerprint density at radius 3 is 2.71 bits per heavy atom. The Kier molecular flexibility index (Phi) is 4.90. The van der Waals surface area contributed by atoms with Gasteiger partial charge in [-0.2, -0.15) is 5.26 Å². The summed E-state index contributed by atoms with van der Waals surface area (Å²) in [5, 5.41) is 17.1. The molecule has 17 heavy (non-hydrogen) atoms. The van der Waals surface area contributed by atoms with Crippen molar-refractivity contribution in [2.45, 2.75) is 25.7 Å². The molecule has 0 amide bonds. The minimum atomic E-state index is -3.35. The Hall–Kier alpha value is -1.13. The van der Waals surface area contributed by atoms with Crippen LogP contribution in [0.3, 0.4) is 0 Å². The van der Waals surface area contributed by atoms with E-state index in [1.165, 1.54) is 4.31 Å². The summed E-state index contributed by atoms with van der Waals surface area (Å²) >= 11 is 0. The molecule has 1 heterocycles. The van der Waals surface area contributed by atoms with E-state index in [1.807, 2.05) is 6.07 Å². The monoisotopic (exact) mass is 260 g/mol. The van der Waals surface area contributed by atoms with Gasteiger partial charge in [-0.3, -0.25) is 4.79 Å². The zero-order valence-corrected chi connectivity index (χ0v) is 10.3. The number of nitrogens with zero attached hydrogens (tertiary/aromatic N) is 2. The maximum Gasteiger partial charge on any atom is 0.307 e. The van der Waals surface area contributed by atoms with Gasteiger partial charge in [0.05, 0.1) is 17.7 Å². The molecule has 1 unspecified atom stereocenters. The maximum absolute atomic E-state index is 11.8. The third-order valence-electron chi connectivity index (χ3n) is 2.83. The van der Waals surface area contributed by atoms with Crippen molar-refractivity contribution >= 4 is 16.0 Å². The van der Waals surface area contributed by atoms with E-state index in [4.69, 9.17) is 10.4 Å². The standard InChI is InChI=1S/C10H16N2O4S/c11-5-2-1-3-7-17(15,16)12-6-4-9(8-12)10(13)14/h9H,1-4,6-8H2,(H,13,14). The summed E-state index contributed by atoms with van der Waals surface area (Å²) in [6, 6.07) is 1.96. The van der Waals surface area contributed by atoms with Crippen LogP contribution in [0.2, 0.25) is 0 Å². The van der Waals surface area contributed by atoms with Crippen molar-refractivity contribution in [1.82, 2.24) is 4.31 Å². The number of sulfonamides is 1. The molecule has 7 heteroatoms. The Bertz CT molecular complexity index is 413. The molecule has 0 spiro atoms. The fourth-order valence-electron chi connectivity index (χ4n) is 1.80. The second kappa shape index (κ2) is 5.98. The molecule has 6 nitrogen and oxygen atoms in total. The van der Waals surface area contributed by atoms with E-state index >= 15 is 0 Å². The first-order valence-corrected chi connectivity index (χ1v) is 7.16. The average Bonchev–Trinajstić information content (AvgIpc) is 2.74. The van der Waals surface area contributed by atoms with Crippen molar-refractivity contribution in [1.29, 1.82) is 5.26 Å². The van der Waals surface area contributed by atoms with Gasteiger partial charge in [0.25, 0.3) is 0 Å². The minimum absolute atomic E-state index is 0.00101. The summed E-state index contributed by atoms with van der Waals surface area (Å²) in [6.45, 7) is 0.369. The second-order valence-electron chi connectivity index (χ2n) is 4.11. The van der Waals surface area contributed by atoms with Gasteiger partial charge in [-0.05, 0) is 19.3 Å². The van der Waals surface area contributed by atoms with E-state index in [-0.39, 0.29) is 18.8 Å². The lowest BCUT2D eigenvalue weighted by Gasteiger charge is -2.15. The lowest BCUT2D eigenvalue weighted by atomic mass is 10.1. The third-order valence-corrected chi connectivity index (χ3v) is 4.76. The predicted molar refractivity (Wildman–Crippen MR) is 60.6 cm³/mol. The van der Waals surface area contributed by atoms with Gasteiger partial charge in [0, 0.05) is 19.5 Å². The number of carboxylic acids is 1. The highest BCUT2D eigenvalue weighted by Crippen LogP contribution is 2.20. The van der Waals surface area contributed by atoms with Gasteiger partial charge in [0.15, 0.2) is 0 Å². The lowest BCUT2D eigenvalue weighted by Crippen LogP contribution is -2.32. The van der Waals surface area contributed by atoms with Gasteiger partial charge in [0.1, 0.15) is 0 Å². The smallest absolute Gasteiger partial charge is 0.307 e. The Balaban J connectivity index is 2.44. The molecule has 1 fully saturated rings. The fraction of sp³-hybridized carbons (Fsp3) is 0.800. The fourth-order valence-corrected chi connectivity index (χ4v) is 3.42. The highest BCUT2D eigenvalue weighted by molar-refractivity contribution is 7.89. The van der Waals surface area contributed by atoms with Crippen LogP contribution in [0, 0.1) is 17.2 Å². The molecule has 1 aliphatic heterocycles. The molecule has 1 N–H and O–H groups in total. The molecule has 0 bridgehead atoms. The molecule has 0 radical (unpaired) electrons. The number of aliphatic carboxylic acids is 1.